The van der Waals surface area contributed by atoms with Gasteiger partial charge in [-0.05, 0) is 19.8 Å². The maximum absolute atomic E-state index is 11.5. The number of nitrogens with one attached hydrogen (secondary N) is 2. The standard InChI is InChI=1S/C12H17N5O3/c1-8-13-9(6-10-15-16-11(19)17(8)10)14-12(7-18)2-4-20-5-3-12/h6,14,18H,2-5,7H2,1H3,(H,16,19). The molecule has 8 nitrogen and oxygen atoms in total. The third-order valence-corrected chi connectivity index (χ3v) is 3.72. The molecule has 0 unspecified atom stereocenters. The third-order valence-electron chi connectivity index (χ3n) is 3.72. The molecule has 0 atom stereocenters. The van der Waals surface area contributed by atoms with Crippen molar-refractivity contribution in [3.63, 3.8) is 0 Å². The van der Waals surface area contributed by atoms with Gasteiger partial charge in [0.1, 0.15) is 11.6 Å². The van der Waals surface area contributed by atoms with Crippen LogP contribution in [0.3, 0.4) is 0 Å². The summed E-state index contributed by atoms with van der Waals surface area (Å²) < 4.78 is 6.73. The Bertz CT molecular complexity index is 671. The summed E-state index contributed by atoms with van der Waals surface area (Å²) in [5.41, 5.74) is -0.225. The van der Waals surface area contributed by atoms with Gasteiger partial charge in [0.05, 0.1) is 12.1 Å². The van der Waals surface area contributed by atoms with Crippen LogP contribution in [0.15, 0.2) is 10.9 Å². The molecule has 3 rings (SSSR count). The summed E-state index contributed by atoms with van der Waals surface area (Å²) in [5.74, 6) is 1.15. The minimum absolute atomic E-state index is 0.00956. The van der Waals surface area contributed by atoms with E-state index in [1.807, 2.05) is 0 Å². The lowest BCUT2D eigenvalue weighted by molar-refractivity contribution is 0.0378. The van der Waals surface area contributed by atoms with Crippen LogP contribution in [0, 0.1) is 6.92 Å². The largest absolute Gasteiger partial charge is 0.394 e. The number of aliphatic hydroxyl groups excluding tert-OH is 1. The molecule has 0 bridgehead atoms. The fourth-order valence-electron chi connectivity index (χ4n) is 2.52. The molecule has 0 aliphatic carbocycles. The number of nitrogens with zero attached hydrogens (tertiary/aromatic N) is 3. The van der Waals surface area contributed by atoms with E-state index >= 15 is 0 Å². The molecule has 1 saturated heterocycles. The van der Waals surface area contributed by atoms with Gasteiger partial charge in [0, 0.05) is 19.3 Å². The SMILES string of the molecule is Cc1nc(NC2(CO)CCOCC2)cc2n[nH]c(=O)n12. The van der Waals surface area contributed by atoms with Crippen LogP contribution in [0.2, 0.25) is 0 Å². The third kappa shape index (κ3) is 2.16. The minimum Gasteiger partial charge on any atom is -0.394 e. The van der Waals surface area contributed by atoms with E-state index in [9.17, 15) is 9.90 Å². The molecule has 1 aliphatic heterocycles. The Kier molecular flexibility index (Phi) is 3.19. The molecule has 0 radical (unpaired) electrons. The molecule has 2 aromatic heterocycles. The zero-order chi connectivity index (χ0) is 14.2. The van der Waals surface area contributed by atoms with Crippen molar-refractivity contribution in [1.29, 1.82) is 0 Å². The monoisotopic (exact) mass is 279 g/mol. The number of rotatable bonds is 3. The van der Waals surface area contributed by atoms with E-state index in [0.717, 1.165) is 0 Å². The molecule has 0 saturated carbocycles. The highest BCUT2D eigenvalue weighted by Crippen LogP contribution is 2.25. The van der Waals surface area contributed by atoms with Crippen molar-refractivity contribution >= 4 is 11.5 Å². The highest BCUT2D eigenvalue weighted by atomic mass is 16.5. The van der Waals surface area contributed by atoms with Gasteiger partial charge in [-0.2, -0.15) is 5.10 Å². The highest BCUT2D eigenvalue weighted by Gasteiger charge is 2.32. The number of hydrogen-bond donors (Lipinski definition) is 3. The Labute approximate surface area is 114 Å². The average molecular weight is 279 g/mol. The molecule has 1 fully saturated rings. The average Bonchev–Trinajstić information content (AvgIpc) is 2.82. The summed E-state index contributed by atoms with van der Waals surface area (Å²) in [5, 5.41) is 19.3. The van der Waals surface area contributed by atoms with Crippen LogP contribution in [0.25, 0.3) is 5.65 Å². The van der Waals surface area contributed by atoms with Gasteiger partial charge in [0.25, 0.3) is 0 Å². The van der Waals surface area contributed by atoms with E-state index in [4.69, 9.17) is 4.74 Å². The zero-order valence-electron chi connectivity index (χ0n) is 11.2. The van der Waals surface area contributed by atoms with Gasteiger partial charge in [0.2, 0.25) is 0 Å². The van der Waals surface area contributed by atoms with E-state index in [0.29, 0.717) is 43.3 Å². The van der Waals surface area contributed by atoms with E-state index in [1.165, 1.54) is 4.40 Å². The molecule has 3 N–H and O–H groups in total. The second-order valence-electron chi connectivity index (χ2n) is 5.09. The number of aromatic nitrogens is 4. The lowest BCUT2D eigenvalue weighted by Gasteiger charge is -2.36. The van der Waals surface area contributed by atoms with Gasteiger partial charge >= 0.3 is 5.69 Å². The molecule has 0 aromatic carbocycles. The highest BCUT2D eigenvalue weighted by molar-refractivity contribution is 5.51. The molecule has 8 heteroatoms. The fourth-order valence-corrected chi connectivity index (χ4v) is 2.52. The topological polar surface area (TPSA) is 105 Å². The number of anilines is 1. The van der Waals surface area contributed by atoms with Crippen molar-refractivity contribution in [2.45, 2.75) is 25.3 Å². The molecule has 108 valence electrons. The maximum Gasteiger partial charge on any atom is 0.349 e. The number of fused-ring (bicyclic) bond motifs is 1. The van der Waals surface area contributed by atoms with Crippen LogP contribution in [-0.2, 0) is 4.74 Å². The normalized spacial score (nSPS) is 18.3. The summed E-state index contributed by atoms with van der Waals surface area (Å²) in [4.78, 5) is 15.9. The molecular weight excluding hydrogens is 262 g/mol. The maximum atomic E-state index is 11.5. The summed E-state index contributed by atoms with van der Waals surface area (Å²) in [7, 11) is 0. The van der Waals surface area contributed by atoms with Crippen molar-refractivity contribution < 1.29 is 9.84 Å². The molecular formula is C12H17N5O3. The summed E-state index contributed by atoms with van der Waals surface area (Å²) >= 11 is 0. The van der Waals surface area contributed by atoms with Crippen molar-refractivity contribution in [2.24, 2.45) is 0 Å². The Morgan fingerprint density at radius 3 is 3.00 bits per heavy atom. The number of aromatic amines is 1. The van der Waals surface area contributed by atoms with Crippen LogP contribution >= 0.6 is 0 Å². The van der Waals surface area contributed by atoms with Crippen molar-refractivity contribution in [3.05, 3.63) is 22.4 Å². The molecule has 0 amide bonds. The van der Waals surface area contributed by atoms with E-state index < -0.39 is 5.54 Å². The zero-order valence-corrected chi connectivity index (χ0v) is 11.2. The van der Waals surface area contributed by atoms with Crippen LogP contribution in [0.1, 0.15) is 18.7 Å². The number of aryl methyl sites for hydroxylation is 1. The Morgan fingerprint density at radius 2 is 2.30 bits per heavy atom. The first-order valence-electron chi connectivity index (χ1n) is 6.55. The van der Waals surface area contributed by atoms with Crippen molar-refractivity contribution in [2.75, 3.05) is 25.1 Å². The predicted octanol–water partition coefficient (Wildman–Crippen LogP) is -0.321. The Morgan fingerprint density at radius 1 is 1.55 bits per heavy atom. The molecule has 20 heavy (non-hydrogen) atoms. The van der Waals surface area contributed by atoms with Gasteiger partial charge < -0.3 is 15.2 Å². The molecule has 0 spiro atoms. The minimum atomic E-state index is -0.424. The summed E-state index contributed by atoms with van der Waals surface area (Å²) in [6.45, 7) is 2.97. The van der Waals surface area contributed by atoms with E-state index in [2.05, 4.69) is 20.5 Å². The van der Waals surface area contributed by atoms with Crippen LogP contribution in [0.4, 0.5) is 5.82 Å². The Hall–Kier alpha value is -1.93. The van der Waals surface area contributed by atoms with Gasteiger partial charge in [-0.25, -0.2) is 19.3 Å². The first-order valence-corrected chi connectivity index (χ1v) is 6.55. The van der Waals surface area contributed by atoms with Crippen LogP contribution < -0.4 is 11.0 Å². The van der Waals surface area contributed by atoms with Crippen LogP contribution in [-0.4, -0.2) is 50.0 Å². The summed E-state index contributed by atoms with van der Waals surface area (Å²) in [6, 6.07) is 1.69. The fraction of sp³-hybridized carbons (Fsp3) is 0.583. The molecule has 3 heterocycles. The predicted molar refractivity (Wildman–Crippen MR) is 71.8 cm³/mol. The summed E-state index contributed by atoms with van der Waals surface area (Å²) in [6.07, 6.45) is 1.42. The lowest BCUT2D eigenvalue weighted by Crippen LogP contribution is -2.47. The first-order chi connectivity index (χ1) is 9.63. The second kappa shape index (κ2) is 4.88. The number of H-pyrrole nitrogens is 1. The lowest BCUT2D eigenvalue weighted by atomic mass is 9.91. The Balaban J connectivity index is 1.96. The quantitative estimate of drug-likeness (QED) is 0.711. The van der Waals surface area contributed by atoms with E-state index in [-0.39, 0.29) is 12.3 Å². The van der Waals surface area contributed by atoms with Gasteiger partial charge in [-0.15, -0.1) is 0 Å². The van der Waals surface area contributed by atoms with E-state index in [1.54, 1.807) is 13.0 Å². The molecule has 2 aromatic rings. The van der Waals surface area contributed by atoms with Crippen LogP contribution in [0.5, 0.6) is 0 Å². The van der Waals surface area contributed by atoms with Gasteiger partial charge in [-0.3, -0.25) is 0 Å². The smallest absolute Gasteiger partial charge is 0.349 e. The number of aliphatic hydroxyl groups is 1. The van der Waals surface area contributed by atoms with Crippen molar-refractivity contribution in [3.8, 4) is 0 Å². The van der Waals surface area contributed by atoms with Gasteiger partial charge in [0.15, 0.2) is 5.65 Å². The second-order valence-corrected chi connectivity index (χ2v) is 5.09. The number of hydrogen-bond acceptors (Lipinski definition) is 6. The number of ether oxygens (including phenoxy) is 1. The first kappa shape index (κ1) is 13.1. The van der Waals surface area contributed by atoms with Gasteiger partial charge in [-0.1, -0.05) is 0 Å². The molecule has 1 aliphatic rings. The van der Waals surface area contributed by atoms with Crippen molar-refractivity contribution in [1.82, 2.24) is 19.6 Å².